The van der Waals surface area contributed by atoms with Crippen molar-refractivity contribution in [1.82, 2.24) is 4.90 Å². The highest BCUT2D eigenvalue weighted by molar-refractivity contribution is 5.99. The number of amides is 2. The van der Waals surface area contributed by atoms with Gasteiger partial charge in [0.25, 0.3) is 5.91 Å². The third-order valence-electron chi connectivity index (χ3n) is 2.97. The van der Waals surface area contributed by atoms with Crippen molar-refractivity contribution in [3.8, 4) is 0 Å². The van der Waals surface area contributed by atoms with Gasteiger partial charge in [0.15, 0.2) is 0 Å². The minimum atomic E-state index is -1.19. The first-order valence-electron chi connectivity index (χ1n) is 6.66. The summed E-state index contributed by atoms with van der Waals surface area (Å²) >= 11 is 0. The van der Waals surface area contributed by atoms with Gasteiger partial charge in [0.1, 0.15) is 0 Å². The molecule has 8 heteroatoms. The van der Waals surface area contributed by atoms with Gasteiger partial charge in [-0.2, -0.15) is 0 Å². The summed E-state index contributed by atoms with van der Waals surface area (Å²) in [6.45, 7) is -1.57. The Morgan fingerprint density at radius 1 is 1.05 bits per heavy atom. The van der Waals surface area contributed by atoms with E-state index < -0.39 is 37.2 Å². The summed E-state index contributed by atoms with van der Waals surface area (Å²) in [6, 6.07) is 5.69. The normalized spacial score (nSPS) is 13.5. The fourth-order valence-electron chi connectivity index (χ4n) is 1.85. The molecule has 1 aromatic rings. The number of carbonyl (C=O) groups is 2. The van der Waals surface area contributed by atoms with Crippen molar-refractivity contribution in [3.05, 3.63) is 35.4 Å². The quantitative estimate of drug-likeness (QED) is 0.373. The molecule has 2 unspecified atom stereocenters. The number of nitrogens with two attached hydrogens (primary N) is 1. The largest absolute Gasteiger partial charge is 0.394 e. The summed E-state index contributed by atoms with van der Waals surface area (Å²) < 4.78 is 0. The number of benzene rings is 1. The zero-order chi connectivity index (χ0) is 16.7. The summed E-state index contributed by atoms with van der Waals surface area (Å²) in [5.74, 6) is -1.25. The van der Waals surface area contributed by atoms with E-state index in [1.54, 1.807) is 0 Å². The lowest BCUT2D eigenvalue weighted by Crippen LogP contribution is -2.44. The van der Waals surface area contributed by atoms with Crippen LogP contribution in [-0.4, -0.2) is 75.7 Å². The molecule has 22 heavy (non-hydrogen) atoms. The molecule has 0 radical (unpaired) electrons. The summed E-state index contributed by atoms with van der Waals surface area (Å²) in [5.41, 5.74) is 5.45. The maximum absolute atomic E-state index is 12.4. The molecule has 0 bridgehead atoms. The molecule has 0 aliphatic carbocycles. The molecule has 2 amide bonds. The van der Waals surface area contributed by atoms with Crippen molar-refractivity contribution < 1.29 is 30.0 Å². The zero-order valence-corrected chi connectivity index (χ0v) is 11.9. The predicted octanol–water partition coefficient (Wildman–Crippen LogP) is -2.07. The van der Waals surface area contributed by atoms with Crippen LogP contribution in [0.4, 0.5) is 0 Å². The number of nitrogens with zero attached hydrogens (tertiary/aromatic N) is 1. The van der Waals surface area contributed by atoms with Crippen LogP contribution >= 0.6 is 0 Å². The van der Waals surface area contributed by atoms with Crippen LogP contribution in [0.2, 0.25) is 0 Å². The number of hydrogen-bond acceptors (Lipinski definition) is 6. The molecular formula is C14H20N2O6. The smallest absolute Gasteiger partial charge is 0.254 e. The van der Waals surface area contributed by atoms with E-state index in [1.165, 1.54) is 24.3 Å². The third kappa shape index (κ3) is 5.08. The Morgan fingerprint density at radius 3 is 2.00 bits per heavy atom. The van der Waals surface area contributed by atoms with E-state index in [-0.39, 0.29) is 24.2 Å². The van der Waals surface area contributed by atoms with Gasteiger partial charge < -0.3 is 31.1 Å². The number of rotatable bonds is 8. The second-order valence-corrected chi connectivity index (χ2v) is 4.83. The van der Waals surface area contributed by atoms with Crippen molar-refractivity contribution in [2.45, 2.75) is 12.2 Å². The van der Waals surface area contributed by atoms with E-state index in [0.29, 0.717) is 0 Å². The number of primary amides is 1. The van der Waals surface area contributed by atoms with Gasteiger partial charge in [-0.3, -0.25) is 9.59 Å². The van der Waals surface area contributed by atoms with Crippen LogP contribution in [0.25, 0.3) is 0 Å². The van der Waals surface area contributed by atoms with Crippen LogP contribution in [0.1, 0.15) is 20.7 Å². The number of carbonyl (C=O) groups excluding carboxylic acids is 2. The fraction of sp³-hybridized carbons (Fsp3) is 0.429. The van der Waals surface area contributed by atoms with Crippen LogP contribution in [-0.2, 0) is 0 Å². The van der Waals surface area contributed by atoms with Crippen molar-refractivity contribution in [2.24, 2.45) is 5.73 Å². The summed E-state index contributed by atoms with van der Waals surface area (Å²) in [6.07, 6.45) is -2.37. The van der Waals surface area contributed by atoms with E-state index in [9.17, 15) is 19.8 Å². The SMILES string of the molecule is NC(=O)c1cccc(C(=O)N(CC(O)CO)CC(O)CO)c1. The third-order valence-corrected chi connectivity index (χ3v) is 2.97. The molecule has 2 atom stereocenters. The fourth-order valence-corrected chi connectivity index (χ4v) is 1.85. The summed E-state index contributed by atoms with van der Waals surface area (Å²) in [4.78, 5) is 24.6. The first-order chi connectivity index (χ1) is 10.4. The standard InChI is InChI=1S/C14H20N2O6/c15-13(21)9-2-1-3-10(4-9)14(22)16(5-11(19)7-17)6-12(20)8-18/h1-4,11-12,17-20H,5-8H2,(H2,15,21). The molecule has 1 rings (SSSR count). The second kappa shape index (κ2) is 8.44. The second-order valence-electron chi connectivity index (χ2n) is 4.83. The van der Waals surface area contributed by atoms with Crippen LogP contribution < -0.4 is 5.73 Å². The molecule has 0 saturated heterocycles. The molecule has 6 N–H and O–H groups in total. The van der Waals surface area contributed by atoms with Gasteiger partial charge in [0, 0.05) is 24.2 Å². The van der Waals surface area contributed by atoms with Crippen molar-refractivity contribution in [3.63, 3.8) is 0 Å². The first kappa shape index (κ1) is 18.1. The predicted molar refractivity (Wildman–Crippen MR) is 77.0 cm³/mol. The average molecular weight is 312 g/mol. The lowest BCUT2D eigenvalue weighted by molar-refractivity contribution is 0.0210. The maximum Gasteiger partial charge on any atom is 0.254 e. The lowest BCUT2D eigenvalue weighted by atomic mass is 10.1. The highest BCUT2D eigenvalue weighted by Crippen LogP contribution is 2.10. The topological polar surface area (TPSA) is 144 Å². The zero-order valence-electron chi connectivity index (χ0n) is 11.9. The minimum Gasteiger partial charge on any atom is -0.394 e. The van der Waals surface area contributed by atoms with Gasteiger partial charge in [-0.15, -0.1) is 0 Å². The van der Waals surface area contributed by atoms with E-state index in [1.807, 2.05) is 0 Å². The molecule has 0 saturated carbocycles. The number of aliphatic hydroxyl groups is 4. The molecule has 0 aromatic heterocycles. The molecule has 122 valence electrons. The Morgan fingerprint density at radius 2 is 1.55 bits per heavy atom. The Hall–Kier alpha value is -2.00. The van der Waals surface area contributed by atoms with E-state index in [2.05, 4.69) is 0 Å². The minimum absolute atomic E-state index is 0.145. The van der Waals surface area contributed by atoms with E-state index in [0.717, 1.165) is 4.90 Å². The van der Waals surface area contributed by atoms with Gasteiger partial charge in [0.2, 0.25) is 5.91 Å². The summed E-state index contributed by atoms with van der Waals surface area (Å²) in [5, 5.41) is 36.7. The molecule has 1 aromatic carbocycles. The van der Waals surface area contributed by atoms with E-state index in [4.69, 9.17) is 15.9 Å². The Labute approximate surface area is 127 Å². The van der Waals surface area contributed by atoms with Crippen LogP contribution in [0, 0.1) is 0 Å². The first-order valence-corrected chi connectivity index (χ1v) is 6.66. The van der Waals surface area contributed by atoms with Gasteiger partial charge in [-0.25, -0.2) is 0 Å². The maximum atomic E-state index is 12.4. The molecule has 0 spiro atoms. The van der Waals surface area contributed by atoms with E-state index >= 15 is 0 Å². The molecule has 0 aliphatic heterocycles. The average Bonchev–Trinajstić information content (AvgIpc) is 2.53. The number of aliphatic hydroxyl groups excluding tert-OH is 4. The molecule has 0 aliphatic rings. The Balaban J connectivity index is 2.99. The van der Waals surface area contributed by atoms with Crippen molar-refractivity contribution in [2.75, 3.05) is 26.3 Å². The number of hydrogen-bond donors (Lipinski definition) is 5. The lowest BCUT2D eigenvalue weighted by Gasteiger charge is -2.26. The molecule has 8 nitrogen and oxygen atoms in total. The molecule has 0 fully saturated rings. The van der Waals surface area contributed by atoms with Crippen LogP contribution in [0.3, 0.4) is 0 Å². The Kier molecular flexibility index (Phi) is 6.93. The van der Waals surface area contributed by atoms with Gasteiger partial charge in [0.05, 0.1) is 25.4 Å². The van der Waals surface area contributed by atoms with Gasteiger partial charge >= 0.3 is 0 Å². The van der Waals surface area contributed by atoms with Crippen molar-refractivity contribution in [1.29, 1.82) is 0 Å². The Bertz CT molecular complexity index is 510. The monoisotopic (exact) mass is 312 g/mol. The summed E-state index contributed by atoms with van der Waals surface area (Å²) in [7, 11) is 0. The van der Waals surface area contributed by atoms with Gasteiger partial charge in [-0.05, 0) is 18.2 Å². The highest BCUT2D eigenvalue weighted by Gasteiger charge is 2.22. The van der Waals surface area contributed by atoms with Crippen molar-refractivity contribution >= 4 is 11.8 Å². The molecular weight excluding hydrogens is 292 g/mol. The highest BCUT2D eigenvalue weighted by atomic mass is 16.3. The van der Waals surface area contributed by atoms with Crippen LogP contribution in [0.5, 0.6) is 0 Å². The molecule has 0 heterocycles. The van der Waals surface area contributed by atoms with Crippen LogP contribution in [0.15, 0.2) is 24.3 Å². The van der Waals surface area contributed by atoms with Gasteiger partial charge in [-0.1, -0.05) is 6.07 Å².